The Morgan fingerprint density at radius 1 is 1.19 bits per heavy atom. The first kappa shape index (κ1) is 14.9. The molecular formula is C18H28N2O. The van der Waals surface area contributed by atoms with E-state index in [0.717, 1.165) is 43.4 Å². The molecule has 1 N–H and O–H groups in total. The fourth-order valence-electron chi connectivity index (χ4n) is 4.05. The highest BCUT2D eigenvalue weighted by Gasteiger charge is 2.37. The zero-order chi connectivity index (χ0) is 14.7. The first-order chi connectivity index (χ1) is 10.3. The Morgan fingerprint density at radius 2 is 1.90 bits per heavy atom. The second-order valence-electron chi connectivity index (χ2n) is 6.56. The molecule has 2 heterocycles. The third-order valence-electron chi connectivity index (χ3n) is 5.22. The van der Waals surface area contributed by atoms with Crippen LogP contribution in [0.25, 0.3) is 0 Å². The third-order valence-corrected chi connectivity index (χ3v) is 5.22. The van der Waals surface area contributed by atoms with Crippen molar-refractivity contribution in [2.45, 2.75) is 51.2 Å². The highest BCUT2D eigenvalue weighted by molar-refractivity contribution is 5.33. The fraction of sp³-hybridized carbons (Fsp3) is 0.667. The van der Waals surface area contributed by atoms with Gasteiger partial charge in [-0.3, -0.25) is 0 Å². The van der Waals surface area contributed by atoms with Crippen molar-refractivity contribution in [3.8, 4) is 5.75 Å². The molecule has 21 heavy (non-hydrogen) atoms. The number of para-hydroxylation sites is 1. The second-order valence-corrected chi connectivity index (χ2v) is 6.56. The summed E-state index contributed by atoms with van der Waals surface area (Å²) in [6, 6.07) is 10.0. The first-order valence-electron chi connectivity index (χ1n) is 8.41. The van der Waals surface area contributed by atoms with Gasteiger partial charge in [-0.15, -0.1) is 0 Å². The fourth-order valence-corrected chi connectivity index (χ4v) is 4.05. The molecule has 2 aliphatic rings. The van der Waals surface area contributed by atoms with Crippen LogP contribution < -0.4 is 10.1 Å². The van der Waals surface area contributed by atoms with Gasteiger partial charge in [-0.1, -0.05) is 18.2 Å². The molecule has 1 aromatic carbocycles. The predicted octanol–water partition coefficient (Wildman–Crippen LogP) is 3.05. The Hall–Kier alpha value is -1.06. The van der Waals surface area contributed by atoms with E-state index in [4.69, 9.17) is 4.74 Å². The summed E-state index contributed by atoms with van der Waals surface area (Å²) in [7, 11) is 2.31. The van der Waals surface area contributed by atoms with Crippen LogP contribution in [0.15, 0.2) is 24.3 Å². The summed E-state index contributed by atoms with van der Waals surface area (Å²) in [6.07, 6.45) is 5.55. The number of nitrogens with one attached hydrogen (secondary N) is 1. The lowest BCUT2D eigenvalue weighted by Crippen LogP contribution is -2.42. The number of hydrogen-bond acceptors (Lipinski definition) is 3. The first-order valence-corrected chi connectivity index (χ1v) is 8.41. The summed E-state index contributed by atoms with van der Waals surface area (Å²) in [5.74, 6) is 1.87. The van der Waals surface area contributed by atoms with E-state index in [2.05, 4.69) is 35.5 Å². The van der Waals surface area contributed by atoms with Gasteiger partial charge in [0.15, 0.2) is 0 Å². The van der Waals surface area contributed by atoms with E-state index in [1.54, 1.807) is 0 Å². The minimum absolute atomic E-state index is 0.731. The number of piperidine rings is 1. The van der Waals surface area contributed by atoms with E-state index < -0.39 is 0 Å². The number of hydrogen-bond donors (Lipinski definition) is 1. The molecule has 2 saturated heterocycles. The third kappa shape index (κ3) is 3.41. The second kappa shape index (κ2) is 6.80. The van der Waals surface area contributed by atoms with E-state index in [-0.39, 0.29) is 0 Å². The predicted molar refractivity (Wildman–Crippen MR) is 86.6 cm³/mol. The standard InChI is InChI=1S/C18H28N2O/c1-3-21-18-7-5-4-6-15(18)13-19-12-14-10-16-8-9-17(11-14)20(16)2/h4-7,14,16-17,19H,3,8-13H2,1-2H3. The van der Waals surface area contributed by atoms with Gasteiger partial charge in [-0.25, -0.2) is 0 Å². The SMILES string of the molecule is CCOc1ccccc1CNCC1CC2CCC(C1)N2C. The smallest absolute Gasteiger partial charge is 0.123 e. The van der Waals surface area contributed by atoms with Crippen LogP contribution in [0.2, 0.25) is 0 Å². The van der Waals surface area contributed by atoms with Crippen LogP contribution in [0.1, 0.15) is 38.2 Å². The van der Waals surface area contributed by atoms with Gasteiger partial charge in [0.2, 0.25) is 0 Å². The van der Waals surface area contributed by atoms with Crippen molar-refractivity contribution in [3.63, 3.8) is 0 Å². The average Bonchev–Trinajstić information content (AvgIpc) is 2.72. The Balaban J connectivity index is 1.48. The Labute approximate surface area is 128 Å². The lowest BCUT2D eigenvalue weighted by Gasteiger charge is -2.36. The molecule has 0 aliphatic carbocycles. The number of nitrogens with zero attached hydrogens (tertiary/aromatic N) is 1. The molecule has 0 aromatic heterocycles. The Bertz CT molecular complexity index is 448. The van der Waals surface area contributed by atoms with Gasteiger partial charge in [0.25, 0.3) is 0 Å². The van der Waals surface area contributed by atoms with Gasteiger partial charge in [-0.2, -0.15) is 0 Å². The van der Waals surface area contributed by atoms with Gasteiger partial charge in [0, 0.05) is 24.2 Å². The molecule has 116 valence electrons. The maximum Gasteiger partial charge on any atom is 0.123 e. The number of ether oxygens (including phenoxy) is 1. The van der Waals surface area contributed by atoms with E-state index in [9.17, 15) is 0 Å². The normalized spacial score (nSPS) is 28.8. The maximum atomic E-state index is 5.69. The summed E-state index contributed by atoms with van der Waals surface area (Å²) >= 11 is 0. The van der Waals surface area contributed by atoms with E-state index >= 15 is 0 Å². The summed E-state index contributed by atoms with van der Waals surface area (Å²) < 4.78 is 5.69. The highest BCUT2D eigenvalue weighted by Crippen LogP contribution is 2.37. The molecule has 3 heteroatoms. The Morgan fingerprint density at radius 3 is 2.62 bits per heavy atom. The highest BCUT2D eigenvalue weighted by atomic mass is 16.5. The van der Waals surface area contributed by atoms with Gasteiger partial charge < -0.3 is 15.0 Å². The molecule has 0 spiro atoms. The molecule has 2 aliphatic heterocycles. The van der Waals surface area contributed by atoms with Crippen LogP contribution in [-0.4, -0.2) is 37.2 Å². The minimum atomic E-state index is 0.731. The van der Waals surface area contributed by atoms with Crippen LogP contribution in [-0.2, 0) is 6.54 Å². The molecule has 0 radical (unpaired) electrons. The van der Waals surface area contributed by atoms with Crippen molar-refractivity contribution >= 4 is 0 Å². The van der Waals surface area contributed by atoms with Crippen LogP contribution in [0, 0.1) is 5.92 Å². The van der Waals surface area contributed by atoms with E-state index in [1.807, 2.05) is 13.0 Å². The van der Waals surface area contributed by atoms with Crippen molar-refractivity contribution in [2.75, 3.05) is 20.2 Å². The van der Waals surface area contributed by atoms with Crippen LogP contribution in [0.5, 0.6) is 5.75 Å². The molecule has 2 bridgehead atoms. The molecule has 2 unspecified atom stereocenters. The van der Waals surface area contributed by atoms with Crippen LogP contribution in [0.3, 0.4) is 0 Å². The number of rotatable bonds is 6. The summed E-state index contributed by atoms with van der Waals surface area (Å²) in [4.78, 5) is 2.61. The molecule has 3 rings (SSSR count). The lowest BCUT2D eigenvalue weighted by molar-refractivity contribution is 0.133. The molecule has 2 fully saturated rings. The van der Waals surface area contributed by atoms with Crippen molar-refractivity contribution in [3.05, 3.63) is 29.8 Å². The van der Waals surface area contributed by atoms with Gasteiger partial charge in [0.05, 0.1) is 6.61 Å². The van der Waals surface area contributed by atoms with Gasteiger partial charge in [-0.05, 0) is 58.2 Å². The topological polar surface area (TPSA) is 24.5 Å². The minimum Gasteiger partial charge on any atom is -0.494 e. The monoisotopic (exact) mass is 288 g/mol. The molecule has 3 nitrogen and oxygen atoms in total. The zero-order valence-electron chi connectivity index (χ0n) is 13.3. The quantitative estimate of drug-likeness (QED) is 0.871. The maximum absolute atomic E-state index is 5.69. The molecular weight excluding hydrogens is 260 g/mol. The lowest BCUT2D eigenvalue weighted by atomic mass is 9.91. The summed E-state index contributed by atoms with van der Waals surface area (Å²) in [5, 5.41) is 3.66. The van der Waals surface area contributed by atoms with Crippen molar-refractivity contribution in [2.24, 2.45) is 5.92 Å². The van der Waals surface area contributed by atoms with Crippen LogP contribution in [0.4, 0.5) is 0 Å². The Kier molecular flexibility index (Phi) is 4.81. The van der Waals surface area contributed by atoms with Crippen molar-refractivity contribution in [1.29, 1.82) is 0 Å². The molecule has 0 saturated carbocycles. The van der Waals surface area contributed by atoms with Gasteiger partial charge in [0.1, 0.15) is 5.75 Å². The van der Waals surface area contributed by atoms with E-state index in [0.29, 0.717) is 0 Å². The van der Waals surface area contributed by atoms with Crippen LogP contribution >= 0.6 is 0 Å². The zero-order valence-corrected chi connectivity index (χ0v) is 13.3. The van der Waals surface area contributed by atoms with Gasteiger partial charge >= 0.3 is 0 Å². The summed E-state index contributed by atoms with van der Waals surface area (Å²) in [6.45, 7) is 4.83. The largest absolute Gasteiger partial charge is 0.494 e. The summed E-state index contributed by atoms with van der Waals surface area (Å²) in [5.41, 5.74) is 1.27. The molecule has 1 aromatic rings. The number of benzene rings is 1. The molecule has 2 atom stereocenters. The van der Waals surface area contributed by atoms with Crippen molar-refractivity contribution in [1.82, 2.24) is 10.2 Å². The van der Waals surface area contributed by atoms with E-state index in [1.165, 1.54) is 31.2 Å². The number of fused-ring (bicyclic) bond motifs is 2. The van der Waals surface area contributed by atoms with Crippen molar-refractivity contribution < 1.29 is 4.74 Å². The molecule has 0 amide bonds. The average molecular weight is 288 g/mol.